The molecule has 27 heavy (non-hydrogen) atoms. The van der Waals surface area contributed by atoms with E-state index in [1.54, 1.807) is 0 Å². The molecule has 1 atom stereocenters. The number of hydrogen-bond donors (Lipinski definition) is 0. The van der Waals surface area contributed by atoms with Crippen LogP contribution in [0.2, 0.25) is 0 Å². The summed E-state index contributed by atoms with van der Waals surface area (Å²) in [5.41, 5.74) is 1.18. The topological polar surface area (TPSA) is 49.9 Å². The van der Waals surface area contributed by atoms with E-state index >= 15 is 0 Å². The Morgan fingerprint density at radius 2 is 1.63 bits per heavy atom. The molecule has 2 aliphatic heterocycles. The summed E-state index contributed by atoms with van der Waals surface area (Å²) in [5.74, 6) is 2.42. The van der Waals surface area contributed by atoms with E-state index in [1.165, 1.54) is 5.56 Å². The molecule has 2 aromatic carbocycles. The van der Waals surface area contributed by atoms with E-state index in [0.717, 1.165) is 50.6 Å². The van der Waals surface area contributed by atoms with Crippen LogP contribution in [-0.4, -0.2) is 61.9 Å². The fourth-order valence-electron chi connectivity index (χ4n) is 3.94. The van der Waals surface area contributed by atoms with Crippen LogP contribution < -0.4 is 4.74 Å². The smallest absolute Gasteiger partial charge is 0.151 e. The molecule has 0 unspecified atom stereocenters. The van der Waals surface area contributed by atoms with E-state index in [0.29, 0.717) is 11.5 Å². The Labute approximate surface area is 161 Å². The van der Waals surface area contributed by atoms with Gasteiger partial charge < -0.3 is 4.74 Å². The summed E-state index contributed by atoms with van der Waals surface area (Å²) in [6.45, 7) is 4.62. The second-order valence-corrected chi connectivity index (χ2v) is 9.62. The minimum Gasteiger partial charge on any atom is -0.457 e. The zero-order valence-corrected chi connectivity index (χ0v) is 16.3. The number of ether oxygens (including phenoxy) is 1. The number of hydrogen-bond acceptors (Lipinski definition) is 5. The third-order valence-electron chi connectivity index (χ3n) is 5.47. The van der Waals surface area contributed by atoms with Crippen molar-refractivity contribution in [3.63, 3.8) is 0 Å². The molecule has 2 fully saturated rings. The maximum absolute atomic E-state index is 11.7. The van der Waals surface area contributed by atoms with Gasteiger partial charge >= 0.3 is 0 Å². The zero-order chi connectivity index (χ0) is 18.7. The van der Waals surface area contributed by atoms with Crippen molar-refractivity contribution >= 4 is 9.84 Å². The Morgan fingerprint density at radius 3 is 2.33 bits per heavy atom. The van der Waals surface area contributed by atoms with E-state index in [2.05, 4.69) is 15.9 Å². The zero-order valence-electron chi connectivity index (χ0n) is 15.5. The summed E-state index contributed by atoms with van der Waals surface area (Å²) in [7, 11) is -2.81. The van der Waals surface area contributed by atoms with Crippen molar-refractivity contribution in [2.75, 3.05) is 37.7 Å². The molecule has 0 N–H and O–H groups in total. The van der Waals surface area contributed by atoms with Gasteiger partial charge in [0.05, 0.1) is 11.5 Å². The Hall–Kier alpha value is -1.89. The minimum absolute atomic E-state index is 0.214. The predicted octanol–water partition coefficient (Wildman–Crippen LogP) is 2.78. The molecule has 4 rings (SSSR count). The summed E-state index contributed by atoms with van der Waals surface area (Å²) < 4.78 is 29.5. The Morgan fingerprint density at radius 1 is 0.926 bits per heavy atom. The van der Waals surface area contributed by atoms with Gasteiger partial charge in [0.25, 0.3) is 0 Å². The number of para-hydroxylation sites is 2. The molecule has 0 spiro atoms. The van der Waals surface area contributed by atoms with Crippen LogP contribution >= 0.6 is 0 Å². The Balaban J connectivity index is 1.35. The maximum Gasteiger partial charge on any atom is 0.151 e. The average molecular weight is 387 g/mol. The lowest BCUT2D eigenvalue weighted by Gasteiger charge is -2.37. The first-order valence-electron chi connectivity index (χ1n) is 9.57. The van der Waals surface area contributed by atoms with Gasteiger partial charge in [0.2, 0.25) is 0 Å². The summed E-state index contributed by atoms with van der Waals surface area (Å²) in [6, 6.07) is 18.2. The fourth-order valence-corrected chi connectivity index (χ4v) is 5.70. The molecule has 2 saturated heterocycles. The Bertz CT molecular complexity index is 862. The van der Waals surface area contributed by atoms with Gasteiger partial charge in [-0.15, -0.1) is 0 Å². The molecule has 5 nitrogen and oxygen atoms in total. The molecule has 6 heteroatoms. The van der Waals surface area contributed by atoms with Gasteiger partial charge in [0.1, 0.15) is 11.5 Å². The van der Waals surface area contributed by atoms with E-state index in [1.807, 2.05) is 48.5 Å². The highest BCUT2D eigenvalue weighted by atomic mass is 32.2. The van der Waals surface area contributed by atoms with E-state index in [-0.39, 0.29) is 6.04 Å². The summed E-state index contributed by atoms with van der Waals surface area (Å²) in [5, 5.41) is 0. The molecule has 0 aromatic heterocycles. The van der Waals surface area contributed by atoms with Gasteiger partial charge in [-0.2, -0.15) is 0 Å². The number of benzene rings is 2. The van der Waals surface area contributed by atoms with E-state index < -0.39 is 9.84 Å². The predicted molar refractivity (Wildman–Crippen MR) is 107 cm³/mol. The van der Waals surface area contributed by atoms with Crippen molar-refractivity contribution in [3.8, 4) is 11.5 Å². The molecule has 0 saturated carbocycles. The first kappa shape index (κ1) is 18.5. The number of nitrogens with zero attached hydrogens (tertiary/aromatic N) is 2. The summed E-state index contributed by atoms with van der Waals surface area (Å²) in [4.78, 5) is 4.78. The van der Waals surface area contributed by atoms with E-state index in [9.17, 15) is 8.42 Å². The van der Waals surface area contributed by atoms with Crippen molar-refractivity contribution in [1.29, 1.82) is 0 Å². The largest absolute Gasteiger partial charge is 0.457 e. The third kappa shape index (κ3) is 4.69. The quantitative estimate of drug-likeness (QED) is 0.791. The van der Waals surface area contributed by atoms with Gasteiger partial charge in [-0.05, 0) is 24.6 Å². The van der Waals surface area contributed by atoms with Gasteiger partial charge in [0, 0.05) is 44.3 Å². The van der Waals surface area contributed by atoms with Crippen LogP contribution in [0, 0.1) is 0 Å². The number of sulfone groups is 1. The lowest BCUT2D eigenvalue weighted by Crippen LogP contribution is -2.50. The highest BCUT2D eigenvalue weighted by molar-refractivity contribution is 7.91. The molecule has 0 aliphatic carbocycles. The number of piperazine rings is 1. The van der Waals surface area contributed by atoms with Crippen molar-refractivity contribution in [2.24, 2.45) is 0 Å². The summed E-state index contributed by atoms with van der Waals surface area (Å²) in [6.07, 6.45) is 0.788. The SMILES string of the molecule is O=S1(=O)CC[C@@H](N2CCN(Cc3ccccc3Oc3ccccc3)CC2)C1. The fraction of sp³-hybridized carbons (Fsp3) is 0.429. The molecule has 2 heterocycles. The minimum atomic E-state index is -2.81. The second-order valence-electron chi connectivity index (χ2n) is 7.39. The van der Waals surface area contributed by atoms with Gasteiger partial charge in [-0.1, -0.05) is 36.4 Å². The van der Waals surface area contributed by atoms with Crippen molar-refractivity contribution in [3.05, 3.63) is 60.2 Å². The molecule has 0 bridgehead atoms. The molecular formula is C21H26N2O3S. The first-order valence-corrected chi connectivity index (χ1v) is 11.4. The molecule has 144 valence electrons. The van der Waals surface area contributed by atoms with Gasteiger partial charge in [-0.25, -0.2) is 8.42 Å². The third-order valence-corrected chi connectivity index (χ3v) is 7.22. The number of rotatable bonds is 5. The average Bonchev–Trinajstić information content (AvgIpc) is 3.05. The van der Waals surface area contributed by atoms with Crippen molar-refractivity contribution < 1.29 is 13.2 Å². The highest BCUT2D eigenvalue weighted by Crippen LogP contribution is 2.27. The highest BCUT2D eigenvalue weighted by Gasteiger charge is 2.33. The molecule has 2 aliphatic rings. The van der Waals surface area contributed by atoms with Crippen LogP contribution in [0.25, 0.3) is 0 Å². The monoisotopic (exact) mass is 386 g/mol. The van der Waals surface area contributed by atoms with Crippen LogP contribution in [0.1, 0.15) is 12.0 Å². The molecular weight excluding hydrogens is 360 g/mol. The lowest BCUT2D eigenvalue weighted by molar-refractivity contribution is 0.0996. The normalized spacial score (nSPS) is 23.3. The van der Waals surface area contributed by atoms with Crippen LogP contribution in [0.4, 0.5) is 0 Å². The van der Waals surface area contributed by atoms with Crippen LogP contribution in [0.5, 0.6) is 11.5 Å². The second kappa shape index (κ2) is 8.00. The van der Waals surface area contributed by atoms with Gasteiger partial charge in [0.15, 0.2) is 9.84 Å². The van der Waals surface area contributed by atoms with Crippen molar-refractivity contribution in [1.82, 2.24) is 9.80 Å². The molecule has 2 aromatic rings. The standard InChI is InChI=1S/C21H26N2O3S/c24-27(25)15-10-19(17-27)23-13-11-22(12-14-23)16-18-6-4-5-9-21(18)26-20-7-2-1-3-8-20/h1-9,19H,10-17H2/t19-/m1/s1. The lowest BCUT2D eigenvalue weighted by atomic mass is 10.1. The molecule has 0 amide bonds. The van der Waals surface area contributed by atoms with Gasteiger partial charge in [-0.3, -0.25) is 9.80 Å². The van der Waals surface area contributed by atoms with Crippen molar-refractivity contribution in [2.45, 2.75) is 19.0 Å². The maximum atomic E-state index is 11.7. The van der Waals surface area contributed by atoms with E-state index in [4.69, 9.17) is 4.74 Å². The first-order chi connectivity index (χ1) is 13.1. The Kier molecular flexibility index (Phi) is 5.48. The molecule has 0 radical (unpaired) electrons. The van der Waals surface area contributed by atoms with Crippen LogP contribution in [0.15, 0.2) is 54.6 Å². The van der Waals surface area contributed by atoms with Crippen LogP contribution in [0.3, 0.4) is 0 Å². The van der Waals surface area contributed by atoms with Crippen LogP contribution in [-0.2, 0) is 16.4 Å². The summed E-state index contributed by atoms with van der Waals surface area (Å²) >= 11 is 0.